The van der Waals surface area contributed by atoms with E-state index < -0.39 is 41.5 Å². The van der Waals surface area contributed by atoms with E-state index in [0.29, 0.717) is 41.8 Å². The number of nitrogens with one attached hydrogen (secondary N) is 3. The summed E-state index contributed by atoms with van der Waals surface area (Å²) in [7, 11) is 0. The third-order valence-electron chi connectivity index (χ3n) is 13.0. The van der Waals surface area contributed by atoms with Gasteiger partial charge in [-0.2, -0.15) is 9.65 Å². The number of carbonyl (C=O) groups is 5. The van der Waals surface area contributed by atoms with Crippen LogP contribution in [0.2, 0.25) is 5.02 Å². The number of benzene rings is 2. The zero-order valence-corrected chi connectivity index (χ0v) is 35.3. The largest absolute Gasteiger partial charge is 0.369 e. The second kappa shape index (κ2) is 17.3. The number of halogens is 2. The average molecular weight is 874 g/mol. The highest BCUT2D eigenvalue weighted by Crippen LogP contribution is 2.34. The molecule has 3 fully saturated rings. The highest BCUT2D eigenvalue weighted by molar-refractivity contribution is 6.32. The lowest BCUT2D eigenvalue weighted by Gasteiger charge is -2.43. The van der Waals surface area contributed by atoms with Gasteiger partial charge in [0, 0.05) is 68.2 Å². The Morgan fingerprint density at radius 1 is 0.921 bits per heavy atom. The van der Waals surface area contributed by atoms with Gasteiger partial charge >= 0.3 is 0 Å². The molecule has 0 radical (unpaired) electrons. The van der Waals surface area contributed by atoms with E-state index in [1.165, 1.54) is 12.4 Å². The van der Waals surface area contributed by atoms with E-state index in [-0.39, 0.29) is 47.4 Å². The lowest BCUT2D eigenvalue weighted by molar-refractivity contribution is -0.136. The minimum Gasteiger partial charge on any atom is -0.369 e. The summed E-state index contributed by atoms with van der Waals surface area (Å²) < 4.78 is 15.4. The van der Waals surface area contributed by atoms with Gasteiger partial charge in [-0.1, -0.05) is 11.6 Å². The first kappa shape index (κ1) is 41.8. The van der Waals surface area contributed by atoms with E-state index in [0.717, 1.165) is 79.4 Å². The summed E-state index contributed by atoms with van der Waals surface area (Å²) in [6.45, 7) is 6.53. The van der Waals surface area contributed by atoms with Crippen molar-refractivity contribution >= 4 is 64.1 Å². The molecule has 3 N–H and O–H groups in total. The highest BCUT2D eigenvalue weighted by atomic mass is 35.5. The van der Waals surface area contributed by atoms with Crippen molar-refractivity contribution in [1.82, 2.24) is 35.4 Å². The topological polar surface area (TPSA) is 197 Å². The Bertz CT molecular complexity index is 2580. The molecule has 4 aromatic rings. The normalized spacial score (nSPS) is 22.6. The van der Waals surface area contributed by atoms with Crippen LogP contribution in [0.15, 0.2) is 54.9 Å². The maximum atomic E-state index is 15.4. The number of imide groups is 2. The molecule has 5 aliphatic rings. The Labute approximate surface area is 367 Å². The summed E-state index contributed by atoms with van der Waals surface area (Å²) in [5.74, 6) is -2.26. The molecule has 2 atom stereocenters. The van der Waals surface area contributed by atoms with Crippen molar-refractivity contribution in [2.45, 2.75) is 76.5 Å². The molecule has 0 bridgehead atoms. The molecule has 0 spiro atoms. The molecule has 2 saturated heterocycles. The van der Waals surface area contributed by atoms with Gasteiger partial charge in [0.1, 0.15) is 30.1 Å². The third-order valence-corrected chi connectivity index (χ3v) is 13.3. The molecule has 5 amide bonds. The zero-order valence-electron chi connectivity index (χ0n) is 34.6. The molecule has 6 heterocycles. The number of hydrogen-bond donors (Lipinski definition) is 3. The predicted octanol–water partition coefficient (Wildman–Crippen LogP) is 4.74. The highest BCUT2D eigenvalue weighted by Gasteiger charge is 2.45. The number of piperidine rings is 1. The van der Waals surface area contributed by atoms with E-state index in [9.17, 15) is 29.2 Å². The predicted molar refractivity (Wildman–Crippen MR) is 230 cm³/mol. The van der Waals surface area contributed by atoms with Gasteiger partial charge in [-0.05, 0) is 99.9 Å². The lowest BCUT2D eigenvalue weighted by Crippen LogP contribution is -2.54. The van der Waals surface area contributed by atoms with E-state index in [1.54, 1.807) is 30.3 Å². The maximum absolute atomic E-state index is 15.4. The van der Waals surface area contributed by atoms with Crippen LogP contribution in [0, 0.1) is 23.2 Å². The van der Waals surface area contributed by atoms with Crippen LogP contribution in [-0.2, 0) is 22.6 Å². The molecule has 2 aromatic heterocycles. The fourth-order valence-corrected chi connectivity index (χ4v) is 9.73. The molecule has 9 rings (SSSR count). The Morgan fingerprint density at radius 2 is 1.70 bits per heavy atom. The van der Waals surface area contributed by atoms with Crippen LogP contribution in [0.1, 0.15) is 93.3 Å². The summed E-state index contributed by atoms with van der Waals surface area (Å²) in [5, 5.41) is 18.0. The summed E-state index contributed by atoms with van der Waals surface area (Å²) in [5.41, 5.74) is 4.24. The zero-order chi connectivity index (χ0) is 43.9. The Morgan fingerprint density at radius 3 is 2.44 bits per heavy atom. The molecular formula is C45H45ClFN11O5. The van der Waals surface area contributed by atoms with Crippen LogP contribution in [-0.4, -0.2) is 105 Å². The summed E-state index contributed by atoms with van der Waals surface area (Å²) in [6, 6.07) is 14.8. The van der Waals surface area contributed by atoms with Crippen LogP contribution in [0.3, 0.4) is 0 Å². The Hall–Kier alpha value is -6.51. The first-order valence-electron chi connectivity index (χ1n) is 21.3. The number of piperazine rings is 1. The fourth-order valence-electron chi connectivity index (χ4n) is 9.51. The van der Waals surface area contributed by atoms with Gasteiger partial charge in [0.05, 0.1) is 39.5 Å². The molecule has 4 aliphatic heterocycles. The van der Waals surface area contributed by atoms with E-state index in [2.05, 4.69) is 58.6 Å². The van der Waals surface area contributed by atoms with Gasteiger partial charge in [0.2, 0.25) is 17.8 Å². The molecule has 2 aromatic carbocycles. The Balaban J connectivity index is 0.741. The van der Waals surface area contributed by atoms with Crippen molar-refractivity contribution in [3.8, 4) is 6.07 Å². The number of nitrogens with zero attached hydrogens (tertiary/aromatic N) is 8. The van der Waals surface area contributed by atoms with Crippen LogP contribution in [0.4, 0.5) is 27.4 Å². The Kier molecular flexibility index (Phi) is 11.5. The summed E-state index contributed by atoms with van der Waals surface area (Å²) >= 11 is 6.27. The van der Waals surface area contributed by atoms with Crippen LogP contribution < -0.4 is 25.8 Å². The number of amides is 5. The smallest absolute Gasteiger partial charge is 0.262 e. The number of pyridine rings is 1. The second-order valence-electron chi connectivity index (χ2n) is 16.9. The van der Waals surface area contributed by atoms with Gasteiger partial charge in [0.15, 0.2) is 0 Å². The number of nitriles is 1. The quantitative estimate of drug-likeness (QED) is 0.154. The third kappa shape index (κ3) is 8.40. The molecular weight excluding hydrogens is 829 g/mol. The van der Waals surface area contributed by atoms with Crippen LogP contribution in [0.5, 0.6) is 0 Å². The minimum atomic E-state index is -1.00. The monoisotopic (exact) mass is 873 g/mol. The molecule has 1 unspecified atom stereocenters. The minimum absolute atomic E-state index is 0.0697. The van der Waals surface area contributed by atoms with Crippen molar-refractivity contribution in [3.63, 3.8) is 0 Å². The molecule has 16 nitrogen and oxygen atoms in total. The van der Waals surface area contributed by atoms with Gasteiger partial charge < -0.3 is 20.4 Å². The molecule has 1 aliphatic carbocycles. The van der Waals surface area contributed by atoms with Crippen molar-refractivity contribution in [3.05, 3.63) is 99.3 Å². The maximum Gasteiger partial charge on any atom is 0.262 e. The lowest BCUT2D eigenvalue weighted by atomic mass is 9.85. The van der Waals surface area contributed by atoms with Crippen molar-refractivity contribution in [1.29, 1.82) is 5.26 Å². The van der Waals surface area contributed by atoms with Crippen molar-refractivity contribution in [2.75, 3.05) is 47.8 Å². The SMILES string of the molecule is C[C@@H]1CN(c2ccc3c(c2)C(=O)N(C2CCC(=O)NC2=O)C3=O)CCN1C[C@H]1CC[C@H](NC(=O)c2ccc(Nc3ncnc4c3CCN(c3ccc(C#N)c(Cl)c3)C4)nc2F)CC1. The molecule has 1 saturated carbocycles. The summed E-state index contributed by atoms with van der Waals surface area (Å²) in [4.78, 5) is 84.7. The van der Waals surface area contributed by atoms with Crippen LogP contribution in [0.25, 0.3) is 0 Å². The number of rotatable bonds is 9. The molecule has 18 heteroatoms. The number of anilines is 4. The summed E-state index contributed by atoms with van der Waals surface area (Å²) in [6.07, 6.45) is 5.65. The van der Waals surface area contributed by atoms with E-state index in [1.807, 2.05) is 12.1 Å². The first-order chi connectivity index (χ1) is 30.4. The first-order valence-corrected chi connectivity index (χ1v) is 21.7. The molecule has 63 heavy (non-hydrogen) atoms. The van der Waals surface area contributed by atoms with Gasteiger partial charge in [-0.3, -0.25) is 39.1 Å². The number of hydrogen-bond acceptors (Lipinski definition) is 13. The van der Waals surface area contributed by atoms with Crippen molar-refractivity contribution in [2.24, 2.45) is 5.92 Å². The van der Waals surface area contributed by atoms with Gasteiger partial charge in [-0.25, -0.2) is 15.0 Å². The van der Waals surface area contributed by atoms with Gasteiger partial charge in [-0.15, -0.1) is 0 Å². The number of aromatic nitrogens is 3. The van der Waals surface area contributed by atoms with Gasteiger partial charge in [0.25, 0.3) is 17.7 Å². The second-order valence-corrected chi connectivity index (χ2v) is 17.3. The number of fused-ring (bicyclic) bond motifs is 2. The van der Waals surface area contributed by atoms with E-state index >= 15 is 4.39 Å². The standard InChI is InChI=1S/C45H45ClFN11O5/c1-25-21-57(29-8-9-31-34(18-29)45(63)58(44(31)62)37-11-13-39(59)54-43(37)61)17-16-55(25)22-26-2-5-28(6-3-26)51-42(60)33-10-12-38(52-40(33)47)53-41-32-14-15-56(23-36(32)49-24-50-41)30-7-4-27(20-48)35(46)19-30/h4,7-10,12,18-19,24-26,28,37H,2-3,5-6,11,13-17,21-23H2,1H3,(H,51,60)(H,54,59,61)(H,49,50,52,53)/t25-,26-,28-,37?/m1/s1. The van der Waals surface area contributed by atoms with E-state index in [4.69, 9.17) is 11.6 Å². The number of carbonyl (C=O) groups excluding carboxylic acids is 5. The average Bonchev–Trinajstić information content (AvgIpc) is 3.52. The molecule has 324 valence electrons. The fraction of sp³-hybridized carbons (Fsp3) is 0.400. The van der Waals surface area contributed by atoms with Crippen LogP contribution >= 0.6 is 11.6 Å². The van der Waals surface area contributed by atoms with Crippen molar-refractivity contribution < 1.29 is 28.4 Å².